The zero-order valence-corrected chi connectivity index (χ0v) is 24.0. The molecule has 2 N–H and O–H groups in total. The van der Waals surface area contributed by atoms with E-state index in [1.807, 2.05) is 24.3 Å². The molecular weight excluding hydrogens is 566 g/mol. The van der Waals surface area contributed by atoms with Gasteiger partial charge in [0.05, 0.1) is 37.1 Å². The number of ether oxygens (including phenoxy) is 3. The number of thiophene rings is 1. The van der Waals surface area contributed by atoms with Crippen molar-refractivity contribution in [1.82, 2.24) is 10.7 Å². The molecule has 0 atom stereocenters. The SMILES string of the molecule is CCCCOc1ccc(C(=O)Oc2ccc(/C=N/NC(=O)CNC(=O)c3sc4ccccc4c3Cl)cc2OC)cc1. The fourth-order valence-corrected chi connectivity index (χ4v) is 5.08. The van der Waals surface area contributed by atoms with E-state index in [0.717, 1.165) is 22.9 Å². The topological polar surface area (TPSA) is 115 Å². The van der Waals surface area contributed by atoms with Crippen LogP contribution in [-0.4, -0.2) is 44.3 Å². The van der Waals surface area contributed by atoms with Crippen LogP contribution in [0.2, 0.25) is 5.02 Å². The first kappa shape index (κ1) is 29.6. The van der Waals surface area contributed by atoms with Gasteiger partial charge in [-0.1, -0.05) is 43.1 Å². The summed E-state index contributed by atoms with van der Waals surface area (Å²) in [5, 5.41) is 7.61. The molecule has 0 aliphatic carbocycles. The second kappa shape index (κ2) is 14.3. The summed E-state index contributed by atoms with van der Waals surface area (Å²) in [5.74, 6) is -0.292. The number of nitrogens with one attached hydrogen (secondary N) is 2. The molecule has 0 aliphatic heterocycles. The van der Waals surface area contributed by atoms with Crippen LogP contribution in [0.15, 0.2) is 71.8 Å². The van der Waals surface area contributed by atoms with Crippen LogP contribution in [0.25, 0.3) is 10.1 Å². The normalized spacial score (nSPS) is 10.9. The Labute approximate surface area is 246 Å². The predicted octanol–water partition coefficient (Wildman–Crippen LogP) is 5.84. The summed E-state index contributed by atoms with van der Waals surface area (Å²) in [4.78, 5) is 37.7. The minimum Gasteiger partial charge on any atom is -0.494 e. The van der Waals surface area contributed by atoms with E-state index in [2.05, 4.69) is 22.8 Å². The van der Waals surface area contributed by atoms with Crippen LogP contribution in [0, 0.1) is 0 Å². The van der Waals surface area contributed by atoms with Crippen molar-refractivity contribution < 1.29 is 28.6 Å². The van der Waals surface area contributed by atoms with Crippen molar-refractivity contribution in [2.45, 2.75) is 19.8 Å². The zero-order chi connectivity index (χ0) is 29.2. The third-order valence-electron chi connectivity index (χ3n) is 5.80. The standard InChI is InChI=1S/C30H28ClN3O6S/c1-3-4-15-39-21-12-10-20(11-13-21)30(37)40-23-14-9-19(16-24(23)38-2)17-33-34-26(35)18-32-29(36)28-27(31)22-7-5-6-8-25(22)41-28/h5-14,16-17H,3-4,15,18H2,1-2H3,(H,32,36)(H,34,35)/b33-17+. The third kappa shape index (κ3) is 7.84. The van der Waals surface area contributed by atoms with Gasteiger partial charge in [-0.25, -0.2) is 10.2 Å². The molecule has 41 heavy (non-hydrogen) atoms. The number of hydrogen-bond acceptors (Lipinski definition) is 8. The third-order valence-corrected chi connectivity index (χ3v) is 7.47. The fraction of sp³-hybridized carbons (Fsp3) is 0.200. The quantitative estimate of drug-likeness (QED) is 0.0701. The number of carbonyl (C=O) groups excluding carboxylic acids is 3. The number of benzene rings is 3. The highest BCUT2D eigenvalue weighted by atomic mass is 35.5. The number of fused-ring (bicyclic) bond motifs is 1. The van der Waals surface area contributed by atoms with Crippen molar-refractivity contribution >= 4 is 57.0 Å². The molecule has 3 aromatic carbocycles. The van der Waals surface area contributed by atoms with Crippen molar-refractivity contribution in [3.8, 4) is 17.2 Å². The number of amides is 2. The van der Waals surface area contributed by atoms with Crippen LogP contribution in [0.5, 0.6) is 17.2 Å². The average molecular weight is 594 g/mol. The molecule has 212 valence electrons. The molecule has 0 spiro atoms. The minimum absolute atomic E-state index is 0.226. The van der Waals surface area contributed by atoms with E-state index in [9.17, 15) is 14.4 Å². The lowest BCUT2D eigenvalue weighted by atomic mass is 10.2. The highest BCUT2D eigenvalue weighted by molar-refractivity contribution is 7.21. The van der Waals surface area contributed by atoms with Gasteiger partial charge in [0.25, 0.3) is 11.8 Å². The molecule has 1 aromatic heterocycles. The second-order valence-corrected chi connectivity index (χ2v) is 10.2. The molecular formula is C30H28ClN3O6S. The monoisotopic (exact) mass is 593 g/mol. The first-order valence-electron chi connectivity index (χ1n) is 12.8. The highest BCUT2D eigenvalue weighted by Gasteiger charge is 2.17. The molecule has 4 aromatic rings. The Morgan fingerprint density at radius 3 is 2.54 bits per heavy atom. The Kier molecular flexibility index (Phi) is 10.3. The van der Waals surface area contributed by atoms with Crippen LogP contribution in [0.4, 0.5) is 0 Å². The van der Waals surface area contributed by atoms with Crippen LogP contribution < -0.4 is 25.0 Å². The van der Waals surface area contributed by atoms with Crippen LogP contribution in [-0.2, 0) is 4.79 Å². The van der Waals surface area contributed by atoms with Crippen LogP contribution in [0.3, 0.4) is 0 Å². The molecule has 0 saturated heterocycles. The zero-order valence-electron chi connectivity index (χ0n) is 22.4. The first-order chi connectivity index (χ1) is 19.9. The molecule has 0 unspecified atom stereocenters. The molecule has 1 heterocycles. The number of hydrogen-bond donors (Lipinski definition) is 2. The molecule has 0 radical (unpaired) electrons. The lowest BCUT2D eigenvalue weighted by Crippen LogP contribution is -2.34. The van der Waals surface area contributed by atoms with E-state index in [1.165, 1.54) is 24.7 Å². The molecule has 0 saturated carbocycles. The number of halogens is 1. The Morgan fingerprint density at radius 1 is 1.02 bits per heavy atom. The number of esters is 1. The van der Waals surface area contributed by atoms with Gasteiger partial charge in [-0.2, -0.15) is 5.10 Å². The Hall–Kier alpha value is -4.41. The Balaban J connectivity index is 1.28. The largest absolute Gasteiger partial charge is 0.494 e. The van der Waals surface area contributed by atoms with Gasteiger partial charge in [0, 0.05) is 10.1 Å². The fourth-order valence-electron chi connectivity index (χ4n) is 3.65. The summed E-state index contributed by atoms with van der Waals surface area (Å²) >= 11 is 7.58. The number of rotatable bonds is 12. The van der Waals surface area contributed by atoms with Crippen LogP contribution >= 0.6 is 22.9 Å². The molecule has 4 rings (SSSR count). The molecule has 0 aliphatic rings. The molecule has 11 heteroatoms. The second-order valence-electron chi connectivity index (χ2n) is 8.74. The van der Waals surface area contributed by atoms with Crippen molar-refractivity contribution in [3.05, 3.63) is 87.8 Å². The average Bonchev–Trinajstić information content (AvgIpc) is 3.33. The maximum Gasteiger partial charge on any atom is 0.343 e. The van der Waals surface area contributed by atoms with Gasteiger partial charge in [0.15, 0.2) is 11.5 Å². The summed E-state index contributed by atoms with van der Waals surface area (Å²) in [6, 6.07) is 19.0. The first-order valence-corrected chi connectivity index (χ1v) is 14.0. The number of hydrazone groups is 1. The number of unbranched alkanes of at least 4 members (excludes halogenated alkanes) is 1. The highest BCUT2D eigenvalue weighted by Crippen LogP contribution is 2.35. The maximum absolute atomic E-state index is 12.6. The van der Waals surface area contributed by atoms with Gasteiger partial charge < -0.3 is 19.5 Å². The van der Waals surface area contributed by atoms with E-state index in [4.69, 9.17) is 25.8 Å². The van der Waals surface area contributed by atoms with Crippen molar-refractivity contribution in [2.75, 3.05) is 20.3 Å². The van der Waals surface area contributed by atoms with Gasteiger partial charge in [0.2, 0.25) is 0 Å². The lowest BCUT2D eigenvalue weighted by Gasteiger charge is -2.10. The smallest absolute Gasteiger partial charge is 0.343 e. The molecule has 9 nitrogen and oxygen atoms in total. The number of nitrogens with zero attached hydrogens (tertiary/aromatic N) is 1. The van der Waals surface area contributed by atoms with Crippen LogP contribution in [0.1, 0.15) is 45.4 Å². The van der Waals surface area contributed by atoms with E-state index in [0.29, 0.717) is 39.1 Å². The van der Waals surface area contributed by atoms with Gasteiger partial charge in [-0.3, -0.25) is 9.59 Å². The summed E-state index contributed by atoms with van der Waals surface area (Å²) in [7, 11) is 1.45. The molecule has 2 amide bonds. The van der Waals surface area contributed by atoms with Gasteiger partial charge >= 0.3 is 5.97 Å². The van der Waals surface area contributed by atoms with Gasteiger partial charge in [-0.05, 0) is 60.5 Å². The minimum atomic E-state index is -0.545. The Morgan fingerprint density at radius 2 is 1.80 bits per heavy atom. The number of carbonyl (C=O) groups is 3. The predicted molar refractivity (Wildman–Crippen MR) is 160 cm³/mol. The van der Waals surface area contributed by atoms with E-state index in [1.54, 1.807) is 42.5 Å². The van der Waals surface area contributed by atoms with Gasteiger partial charge in [0.1, 0.15) is 10.6 Å². The molecule has 0 bridgehead atoms. The van der Waals surface area contributed by atoms with Crippen molar-refractivity contribution in [3.63, 3.8) is 0 Å². The summed E-state index contributed by atoms with van der Waals surface area (Å²) in [6.45, 7) is 2.42. The van der Waals surface area contributed by atoms with E-state index >= 15 is 0 Å². The van der Waals surface area contributed by atoms with Gasteiger partial charge in [-0.15, -0.1) is 11.3 Å². The summed E-state index contributed by atoms with van der Waals surface area (Å²) in [6.07, 6.45) is 3.39. The summed E-state index contributed by atoms with van der Waals surface area (Å²) < 4.78 is 17.4. The van der Waals surface area contributed by atoms with Crippen molar-refractivity contribution in [1.29, 1.82) is 0 Å². The van der Waals surface area contributed by atoms with E-state index < -0.39 is 17.8 Å². The number of methoxy groups -OCH3 is 1. The lowest BCUT2D eigenvalue weighted by molar-refractivity contribution is -0.120. The molecule has 0 fully saturated rings. The maximum atomic E-state index is 12.6. The van der Waals surface area contributed by atoms with E-state index in [-0.39, 0.29) is 12.3 Å². The Bertz CT molecular complexity index is 1570. The van der Waals surface area contributed by atoms with Crippen molar-refractivity contribution in [2.24, 2.45) is 5.10 Å². The summed E-state index contributed by atoms with van der Waals surface area (Å²) in [5.41, 5.74) is 3.30.